The molecule has 0 spiro atoms. The monoisotopic (exact) mass is 569 g/mol. The van der Waals surface area contributed by atoms with E-state index in [0.29, 0.717) is 23.3 Å². The molecule has 0 atom stereocenters. The van der Waals surface area contributed by atoms with Gasteiger partial charge in [-0.15, -0.1) is 11.3 Å². The molecule has 0 fully saturated rings. The van der Waals surface area contributed by atoms with E-state index in [1.807, 2.05) is 97.1 Å². The Morgan fingerprint density at radius 1 is 0.372 bits per heavy atom. The number of thiophene rings is 1. The van der Waals surface area contributed by atoms with Gasteiger partial charge in [-0.1, -0.05) is 127 Å². The van der Waals surface area contributed by atoms with Gasteiger partial charge in [0, 0.05) is 37.9 Å². The van der Waals surface area contributed by atoms with Crippen molar-refractivity contribution in [3.05, 3.63) is 140 Å². The molecule has 8 rings (SSSR count). The highest BCUT2D eigenvalue weighted by Gasteiger charge is 2.18. The van der Waals surface area contributed by atoms with Gasteiger partial charge in [-0.25, -0.2) is 24.9 Å². The minimum Gasteiger partial charge on any atom is -0.226 e. The minimum absolute atomic E-state index is 0.597. The predicted molar refractivity (Wildman–Crippen MR) is 175 cm³/mol. The lowest BCUT2D eigenvalue weighted by atomic mass is 10.1. The standard InChI is InChI=1S/C37H23N5S/c1-4-13-24(14-5-1)31-33-32(29-21-10-11-22-30(29)43-33)39-36(38-31)27-19-12-20-28(23-27)37-41-34(25-15-6-2-7-16-25)40-35(42-37)26-17-8-3-9-18-26/h1-23H. The fourth-order valence-electron chi connectivity index (χ4n) is 5.25. The molecule has 3 heterocycles. The van der Waals surface area contributed by atoms with Gasteiger partial charge >= 0.3 is 0 Å². The number of nitrogens with zero attached hydrogens (tertiary/aromatic N) is 5. The van der Waals surface area contributed by atoms with Gasteiger partial charge < -0.3 is 0 Å². The zero-order chi connectivity index (χ0) is 28.6. The molecule has 5 nitrogen and oxygen atoms in total. The van der Waals surface area contributed by atoms with Crippen LogP contribution in [0.5, 0.6) is 0 Å². The fourth-order valence-corrected chi connectivity index (χ4v) is 6.40. The molecule has 202 valence electrons. The van der Waals surface area contributed by atoms with E-state index in [2.05, 4.69) is 42.5 Å². The average molecular weight is 570 g/mol. The Morgan fingerprint density at radius 2 is 0.837 bits per heavy atom. The largest absolute Gasteiger partial charge is 0.226 e. The number of benzene rings is 5. The third kappa shape index (κ3) is 4.74. The summed E-state index contributed by atoms with van der Waals surface area (Å²) >= 11 is 1.73. The highest BCUT2D eigenvalue weighted by molar-refractivity contribution is 7.26. The molecular weight excluding hydrogens is 547 g/mol. The fraction of sp³-hybridized carbons (Fsp3) is 0. The van der Waals surface area contributed by atoms with Crippen molar-refractivity contribution < 1.29 is 0 Å². The Bertz CT molecular complexity index is 2170. The second-order valence-electron chi connectivity index (χ2n) is 10.2. The summed E-state index contributed by atoms with van der Waals surface area (Å²) in [6.45, 7) is 0. The third-order valence-electron chi connectivity index (χ3n) is 7.35. The van der Waals surface area contributed by atoms with Gasteiger partial charge in [0.2, 0.25) is 0 Å². The molecule has 0 unspecified atom stereocenters. The van der Waals surface area contributed by atoms with Crippen LogP contribution in [0.4, 0.5) is 0 Å². The van der Waals surface area contributed by atoms with Crippen LogP contribution in [0.25, 0.3) is 77.1 Å². The van der Waals surface area contributed by atoms with E-state index >= 15 is 0 Å². The number of aromatic nitrogens is 5. The van der Waals surface area contributed by atoms with Crippen LogP contribution in [0.1, 0.15) is 0 Å². The summed E-state index contributed by atoms with van der Waals surface area (Å²) < 4.78 is 2.28. The average Bonchev–Trinajstić information content (AvgIpc) is 3.48. The lowest BCUT2D eigenvalue weighted by Gasteiger charge is -2.10. The maximum absolute atomic E-state index is 5.15. The Kier molecular flexibility index (Phi) is 6.24. The van der Waals surface area contributed by atoms with Crippen molar-refractivity contribution in [3.8, 4) is 56.8 Å². The molecule has 0 saturated heterocycles. The quantitative estimate of drug-likeness (QED) is 0.207. The SMILES string of the molecule is c1ccc(-c2nc(-c3ccccc3)nc(-c3cccc(-c4nc(-c5ccccc5)c5sc6ccccc6c5n4)c3)n2)cc1. The first-order valence-corrected chi connectivity index (χ1v) is 14.8. The molecule has 0 amide bonds. The molecule has 5 aromatic carbocycles. The third-order valence-corrected chi connectivity index (χ3v) is 8.51. The van der Waals surface area contributed by atoms with Crippen molar-refractivity contribution in [2.45, 2.75) is 0 Å². The van der Waals surface area contributed by atoms with Crippen LogP contribution in [-0.4, -0.2) is 24.9 Å². The second kappa shape index (κ2) is 10.7. The van der Waals surface area contributed by atoms with Crippen molar-refractivity contribution in [1.29, 1.82) is 0 Å². The highest BCUT2D eigenvalue weighted by atomic mass is 32.1. The van der Waals surface area contributed by atoms with E-state index in [4.69, 9.17) is 24.9 Å². The van der Waals surface area contributed by atoms with E-state index in [9.17, 15) is 0 Å². The molecule has 0 saturated carbocycles. The summed E-state index contributed by atoms with van der Waals surface area (Å²) in [5, 5.41) is 1.14. The Labute approximate surface area is 252 Å². The van der Waals surface area contributed by atoms with Crippen LogP contribution in [0.15, 0.2) is 140 Å². The number of fused-ring (bicyclic) bond motifs is 3. The van der Waals surface area contributed by atoms with Crippen LogP contribution in [0.2, 0.25) is 0 Å². The molecule has 0 aliphatic heterocycles. The van der Waals surface area contributed by atoms with Gasteiger partial charge in [0.05, 0.1) is 15.9 Å². The van der Waals surface area contributed by atoms with Crippen LogP contribution in [0, 0.1) is 0 Å². The number of rotatable bonds is 5. The minimum atomic E-state index is 0.597. The van der Waals surface area contributed by atoms with Crippen LogP contribution in [0.3, 0.4) is 0 Å². The van der Waals surface area contributed by atoms with Gasteiger partial charge in [0.1, 0.15) is 0 Å². The maximum Gasteiger partial charge on any atom is 0.164 e. The van der Waals surface area contributed by atoms with Gasteiger partial charge in [0.15, 0.2) is 23.3 Å². The van der Waals surface area contributed by atoms with Crippen LogP contribution < -0.4 is 0 Å². The molecule has 0 N–H and O–H groups in total. The van der Waals surface area contributed by atoms with Gasteiger partial charge in [-0.3, -0.25) is 0 Å². The highest BCUT2D eigenvalue weighted by Crippen LogP contribution is 2.39. The normalized spacial score (nSPS) is 11.3. The zero-order valence-corrected chi connectivity index (χ0v) is 23.7. The second-order valence-corrected chi connectivity index (χ2v) is 11.2. The molecular formula is C37H23N5S. The molecule has 8 aromatic rings. The summed E-state index contributed by atoms with van der Waals surface area (Å²) in [5.74, 6) is 2.52. The molecule has 3 aromatic heterocycles. The summed E-state index contributed by atoms with van der Waals surface area (Å²) in [4.78, 5) is 25.0. The summed E-state index contributed by atoms with van der Waals surface area (Å²) in [5.41, 5.74) is 6.61. The van der Waals surface area contributed by atoms with Crippen molar-refractivity contribution in [3.63, 3.8) is 0 Å². The smallest absolute Gasteiger partial charge is 0.164 e. The summed E-state index contributed by atoms with van der Waals surface area (Å²) in [6, 6.07) is 46.9. The van der Waals surface area contributed by atoms with Crippen molar-refractivity contribution in [2.24, 2.45) is 0 Å². The van der Waals surface area contributed by atoms with Crippen LogP contribution >= 0.6 is 11.3 Å². The van der Waals surface area contributed by atoms with E-state index in [-0.39, 0.29) is 0 Å². The Hall–Kier alpha value is -5.59. The predicted octanol–water partition coefficient (Wildman–Crippen LogP) is 9.36. The van der Waals surface area contributed by atoms with E-state index in [1.165, 1.54) is 4.70 Å². The lowest BCUT2D eigenvalue weighted by Crippen LogP contribution is -2.00. The molecule has 6 heteroatoms. The van der Waals surface area contributed by atoms with Crippen LogP contribution in [-0.2, 0) is 0 Å². The Balaban J connectivity index is 1.31. The topological polar surface area (TPSA) is 64.5 Å². The molecule has 0 aliphatic rings. The number of hydrogen-bond acceptors (Lipinski definition) is 6. The summed E-state index contributed by atoms with van der Waals surface area (Å²) in [6.07, 6.45) is 0. The van der Waals surface area contributed by atoms with Gasteiger partial charge in [-0.2, -0.15) is 0 Å². The molecule has 0 aliphatic carbocycles. The zero-order valence-electron chi connectivity index (χ0n) is 22.9. The van der Waals surface area contributed by atoms with Gasteiger partial charge in [0.25, 0.3) is 0 Å². The van der Waals surface area contributed by atoms with Crippen molar-refractivity contribution in [2.75, 3.05) is 0 Å². The van der Waals surface area contributed by atoms with Crippen molar-refractivity contribution in [1.82, 2.24) is 24.9 Å². The molecule has 0 bridgehead atoms. The first-order valence-electron chi connectivity index (χ1n) is 14.0. The Morgan fingerprint density at radius 3 is 1.44 bits per heavy atom. The van der Waals surface area contributed by atoms with E-state index in [1.54, 1.807) is 11.3 Å². The molecule has 0 radical (unpaired) electrons. The van der Waals surface area contributed by atoms with E-state index < -0.39 is 0 Å². The number of hydrogen-bond donors (Lipinski definition) is 0. The summed E-state index contributed by atoms with van der Waals surface area (Å²) in [7, 11) is 0. The van der Waals surface area contributed by atoms with Gasteiger partial charge in [-0.05, 0) is 12.1 Å². The van der Waals surface area contributed by atoms with E-state index in [0.717, 1.165) is 49.1 Å². The first-order chi connectivity index (χ1) is 21.3. The lowest BCUT2D eigenvalue weighted by molar-refractivity contribution is 1.07. The first kappa shape index (κ1) is 25.1. The molecule has 43 heavy (non-hydrogen) atoms. The van der Waals surface area contributed by atoms with Crippen molar-refractivity contribution >= 4 is 31.6 Å². The maximum atomic E-state index is 5.15.